The van der Waals surface area contributed by atoms with Crippen LogP contribution in [0.4, 0.5) is 0 Å². The highest BCUT2D eigenvalue weighted by Crippen LogP contribution is 2.21. The van der Waals surface area contributed by atoms with Crippen LogP contribution in [-0.2, 0) is 0 Å². The standard InChI is InChI=1S/C8H10Cl2N2O2/c1-4(3-13)11-8(14)6-2-5(9)7(10)12-6/h2,4,12-13H,3H2,1H3,(H,11,14)/t4-/m1/s1. The van der Waals surface area contributed by atoms with Crippen molar-refractivity contribution in [3.8, 4) is 0 Å². The van der Waals surface area contributed by atoms with Gasteiger partial charge in [0, 0.05) is 6.04 Å². The van der Waals surface area contributed by atoms with Crippen LogP contribution in [0.1, 0.15) is 17.4 Å². The predicted molar refractivity (Wildman–Crippen MR) is 54.8 cm³/mol. The molecule has 6 heteroatoms. The molecule has 14 heavy (non-hydrogen) atoms. The summed E-state index contributed by atoms with van der Waals surface area (Å²) in [5.74, 6) is -0.347. The maximum Gasteiger partial charge on any atom is 0.268 e. The number of hydrogen-bond donors (Lipinski definition) is 3. The van der Waals surface area contributed by atoms with Crippen molar-refractivity contribution in [3.05, 3.63) is 21.9 Å². The van der Waals surface area contributed by atoms with Gasteiger partial charge in [0.15, 0.2) is 0 Å². The van der Waals surface area contributed by atoms with Gasteiger partial charge >= 0.3 is 0 Å². The minimum absolute atomic E-state index is 0.117. The molecule has 1 heterocycles. The lowest BCUT2D eigenvalue weighted by Gasteiger charge is -2.08. The highest BCUT2D eigenvalue weighted by atomic mass is 35.5. The number of hydrogen-bond acceptors (Lipinski definition) is 2. The molecule has 1 rings (SSSR count). The SMILES string of the molecule is C[C@H](CO)NC(=O)c1cc(Cl)c(Cl)[nH]1. The molecule has 1 aromatic rings. The number of nitrogens with one attached hydrogen (secondary N) is 2. The molecule has 0 unspecified atom stereocenters. The van der Waals surface area contributed by atoms with E-state index in [1.807, 2.05) is 0 Å². The van der Waals surface area contributed by atoms with Gasteiger partial charge in [-0.15, -0.1) is 0 Å². The average molecular weight is 237 g/mol. The van der Waals surface area contributed by atoms with E-state index in [1.54, 1.807) is 6.92 Å². The van der Waals surface area contributed by atoms with Crippen LogP contribution >= 0.6 is 23.2 Å². The lowest BCUT2D eigenvalue weighted by atomic mass is 10.3. The lowest BCUT2D eigenvalue weighted by molar-refractivity contribution is 0.0918. The van der Waals surface area contributed by atoms with Gasteiger partial charge in [0.2, 0.25) is 0 Å². The van der Waals surface area contributed by atoms with E-state index in [0.717, 1.165) is 0 Å². The van der Waals surface area contributed by atoms with Crippen LogP contribution in [0.3, 0.4) is 0 Å². The second-order valence-electron chi connectivity index (χ2n) is 2.90. The number of amides is 1. The number of H-pyrrole nitrogens is 1. The van der Waals surface area contributed by atoms with Crippen molar-refractivity contribution in [2.24, 2.45) is 0 Å². The second-order valence-corrected chi connectivity index (χ2v) is 3.69. The molecule has 0 fully saturated rings. The zero-order valence-electron chi connectivity index (χ0n) is 7.47. The summed E-state index contributed by atoms with van der Waals surface area (Å²) in [5.41, 5.74) is 0.278. The summed E-state index contributed by atoms with van der Waals surface area (Å²) in [6.07, 6.45) is 0. The van der Waals surface area contributed by atoms with E-state index >= 15 is 0 Å². The summed E-state index contributed by atoms with van der Waals surface area (Å²) in [5, 5.41) is 11.8. The first-order valence-corrected chi connectivity index (χ1v) is 4.76. The number of aliphatic hydroxyl groups is 1. The third kappa shape index (κ3) is 2.64. The van der Waals surface area contributed by atoms with Crippen molar-refractivity contribution in [2.75, 3.05) is 6.61 Å². The van der Waals surface area contributed by atoms with E-state index in [9.17, 15) is 4.79 Å². The number of aromatic amines is 1. The maximum atomic E-state index is 11.4. The first-order chi connectivity index (χ1) is 6.54. The highest BCUT2D eigenvalue weighted by molar-refractivity contribution is 6.41. The molecule has 1 amide bonds. The molecule has 3 N–H and O–H groups in total. The molecule has 0 aromatic carbocycles. The summed E-state index contributed by atoms with van der Waals surface area (Å²) >= 11 is 11.3. The van der Waals surface area contributed by atoms with Crippen molar-refractivity contribution in [1.82, 2.24) is 10.3 Å². The quantitative estimate of drug-likeness (QED) is 0.744. The number of rotatable bonds is 3. The second kappa shape index (κ2) is 4.68. The third-order valence-corrected chi connectivity index (χ3v) is 2.31. The molecule has 1 atom stereocenters. The maximum absolute atomic E-state index is 11.4. The third-order valence-electron chi connectivity index (χ3n) is 1.62. The lowest BCUT2D eigenvalue weighted by Crippen LogP contribution is -2.35. The molecule has 78 valence electrons. The van der Waals surface area contributed by atoms with Gasteiger partial charge in [-0.25, -0.2) is 0 Å². The number of carbonyl (C=O) groups excluding carboxylic acids is 1. The molecule has 0 radical (unpaired) electrons. The van der Waals surface area contributed by atoms with Crippen LogP contribution < -0.4 is 5.32 Å². The molecule has 0 saturated heterocycles. The fourth-order valence-electron chi connectivity index (χ4n) is 0.874. The Morgan fingerprint density at radius 1 is 1.71 bits per heavy atom. The first-order valence-electron chi connectivity index (χ1n) is 4.00. The Hall–Kier alpha value is -0.710. The van der Waals surface area contributed by atoms with Gasteiger partial charge in [-0.1, -0.05) is 23.2 Å². The van der Waals surface area contributed by atoms with Crippen LogP contribution in [0.5, 0.6) is 0 Å². The zero-order valence-corrected chi connectivity index (χ0v) is 8.99. The van der Waals surface area contributed by atoms with Crippen molar-refractivity contribution >= 4 is 29.1 Å². The van der Waals surface area contributed by atoms with Crippen molar-refractivity contribution < 1.29 is 9.90 Å². The van der Waals surface area contributed by atoms with E-state index < -0.39 is 0 Å². The molecule has 0 aliphatic rings. The summed E-state index contributed by atoms with van der Waals surface area (Å²) < 4.78 is 0. The van der Waals surface area contributed by atoms with E-state index in [2.05, 4.69) is 10.3 Å². The Morgan fingerprint density at radius 3 is 2.79 bits per heavy atom. The van der Waals surface area contributed by atoms with Gasteiger partial charge in [-0.05, 0) is 13.0 Å². The smallest absolute Gasteiger partial charge is 0.268 e. The van der Waals surface area contributed by atoms with Crippen molar-refractivity contribution in [1.29, 1.82) is 0 Å². The Bertz CT molecular complexity index is 319. The van der Waals surface area contributed by atoms with Gasteiger partial charge in [-0.2, -0.15) is 0 Å². The normalized spacial score (nSPS) is 12.6. The summed E-state index contributed by atoms with van der Waals surface area (Å²) in [6, 6.07) is 1.13. The largest absolute Gasteiger partial charge is 0.394 e. The Balaban J connectivity index is 2.70. The van der Waals surface area contributed by atoms with E-state index in [1.165, 1.54) is 6.07 Å². The van der Waals surface area contributed by atoms with Gasteiger partial charge in [0.25, 0.3) is 5.91 Å². The number of aliphatic hydroxyl groups excluding tert-OH is 1. The molecule has 0 spiro atoms. The fourth-order valence-corrected chi connectivity index (χ4v) is 1.19. The number of carbonyl (C=O) groups is 1. The van der Waals surface area contributed by atoms with E-state index in [4.69, 9.17) is 28.3 Å². The van der Waals surface area contributed by atoms with Gasteiger partial charge in [0.05, 0.1) is 11.6 Å². The van der Waals surface area contributed by atoms with Crippen molar-refractivity contribution in [3.63, 3.8) is 0 Å². The Morgan fingerprint density at radius 2 is 2.36 bits per heavy atom. The monoisotopic (exact) mass is 236 g/mol. The molecular formula is C8H10Cl2N2O2. The number of aromatic nitrogens is 1. The average Bonchev–Trinajstić information content (AvgIpc) is 2.47. The first kappa shape index (κ1) is 11.4. The topological polar surface area (TPSA) is 65.1 Å². The molecule has 0 bridgehead atoms. The van der Waals surface area contributed by atoms with E-state index in [-0.39, 0.29) is 29.4 Å². The van der Waals surface area contributed by atoms with Crippen LogP contribution in [0.2, 0.25) is 10.2 Å². The van der Waals surface area contributed by atoms with Gasteiger partial charge in [-0.3, -0.25) is 4.79 Å². The zero-order chi connectivity index (χ0) is 10.7. The summed E-state index contributed by atoms with van der Waals surface area (Å²) in [6.45, 7) is 1.57. The molecule has 0 saturated carbocycles. The van der Waals surface area contributed by atoms with Crippen LogP contribution in [0.25, 0.3) is 0 Å². The molecular weight excluding hydrogens is 227 g/mol. The van der Waals surface area contributed by atoms with Gasteiger partial charge < -0.3 is 15.4 Å². The Kier molecular flexibility index (Phi) is 3.80. The highest BCUT2D eigenvalue weighted by Gasteiger charge is 2.13. The molecule has 4 nitrogen and oxygen atoms in total. The fraction of sp³-hybridized carbons (Fsp3) is 0.375. The predicted octanol–water partition coefficient (Wildman–Crippen LogP) is 1.43. The minimum Gasteiger partial charge on any atom is -0.394 e. The van der Waals surface area contributed by atoms with Crippen molar-refractivity contribution in [2.45, 2.75) is 13.0 Å². The minimum atomic E-state index is -0.347. The molecule has 0 aliphatic heterocycles. The Labute approximate surface area is 91.2 Å². The van der Waals surface area contributed by atoms with E-state index in [0.29, 0.717) is 5.02 Å². The summed E-state index contributed by atoms with van der Waals surface area (Å²) in [4.78, 5) is 14.0. The summed E-state index contributed by atoms with van der Waals surface area (Å²) in [7, 11) is 0. The molecule has 0 aliphatic carbocycles. The van der Waals surface area contributed by atoms with Crippen LogP contribution in [-0.4, -0.2) is 28.6 Å². The van der Waals surface area contributed by atoms with Gasteiger partial charge in [0.1, 0.15) is 10.8 Å². The van der Waals surface area contributed by atoms with Crippen LogP contribution in [0.15, 0.2) is 6.07 Å². The number of halogens is 2. The van der Waals surface area contributed by atoms with Crippen LogP contribution in [0, 0.1) is 0 Å². The molecule has 1 aromatic heterocycles.